The molecule has 0 N–H and O–H groups in total. The van der Waals surface area contributed by atoms with Gasteiger partial charge in [0.1, 0.15) is 0 Å². The Kier molecular flexibility index (Phi) is 3.01. The summed E-state index contributed by atoms with van der Waals surface area (Å²) in [5, 5.41) is 14.1. The molecule has 0 bridgehead atoms. The number of hydrogen-bond donors (Lipinski definition) is 0. The second-order valence-electron chi connectivity index (χ2n) is 5.33. The third-order valence-corrected chi connectivity index (χ3v) is 3.96. The number of fused-ring (bicyclic) bond motifs is 3. The number of hydrogen-bond acceptors (Lipinski definition) is 3. The van der Waals surface area contributed by atoms with Crippen molar-refractivity contribution in [2.24, 2.45) is 0 Å². The molecule has 0 atom stereocenters. The van der Waals surface area contributed by atoms with E-state index in [4.69, 9.17) is 4.98 Å². The van der Waals surface area contributed by atoms with Gasteiger partial charge in [0.25, 0.3) is 5.69 Å². The molecule has 0 saturated heterocycles. The van der Waals surface area contributed by atoms with Crippen LogP contribution in [0.25, 0.3) is 32.9 Å². The molecular weight excluding hydrogens is 288 g/mol. The smallest absolute Gasteiger partial charge is 0.258 e. The molecule has 0 aliphatic heterocycles. The van der Waals surface area contributed by atoms with Gasteiger partial charge in [-0.2, -0.15) is 0 Å². The van der Waals surface area contributed by atoms with Gasteiger partial charge in [-0.25, -0.2) is 4.98 Å². The average Bonchev–Trinajstić information content (AvgIpc) is 2.61. The highest BCUT2D eigenvalue weighted by molar-refractivity contribution is 6.10. The van der Waals surface area contributed by atoms with E-state index in [2.05, 4.69) is 12.1 Å². The van der Waals surface area contributed by atoms with Crippen molar-refractivity contribution in [2.45, 2.75) is 0 Å². The van der Waals surface area contributed by atoms with E-state index in [0.717, 1.165) is 32.9 Å². The largest absolute Gasteiger partial charge is 0.269 e. The Morgan fingerprint density at radius 2 is 1.35 bits per heavy atom. The summed E-state index contributed by atoms with van der Waals surface area (Å²) in [6.45, 7) is 0. The Hall–Kier alpha value is -3.27. The van der Waals surface area contributed by atoms with Crippen molar-refractivity contribution in [1.82, 2.24) is 4.98 Å². The lowest BCUT2D eigenvalue weighted by Crippen LogP contribution is -1.91. The van der Waals surface area contributed by atoms with Gasteiger partial charge in [-0.3, -0.25) is 10.1 Å². The fourth-order valence-electron chi connectivity index (χ4n) is 2.87. The molecule has 23 heavy (non-hydrogen) atoms. The molecule has 0 aliphatic carbocycles. The molecule has 3 aromatic carbocycles. The molecule has 0 unspecified atom stereocenters. The first-order valence-electron chi connectivity index (χ1n) is 7.26. The third-order valence-electron chi connectivity index (χ3n) is 3.96. The van der Waals surface area contributed by atoms with Gasteiger partial charge in [0.2, 0.25) is 0 Å². The summed E-state index contributed by atoms with van der Waals surface area (Å²) in [5.74, 6) is 0. The second kappa shape index (κ2) is 5.18. The maximum Gasteiger partial charge on any atom is 0.269 e. The standard InChI is InChI=1S/C19H12N2O2/c22-21(23)14-11-9-13(10-12-14)19-17-7-2-1-5-15(17)16-6-3-4-8-18(16)20-19/h1-12H. The summed E-state index contributed by atoms with van der Waals surface area (Å²) < 4.78 is 0. The van der Waals surface area contributed by atoms with Crippen molar-refractivity contribution in [3.8, 4) is 11.3 Å². The summed E-state index contributed by atoms with van der Waals surface area (Å²) in [6.07, 6.45) is 0. The molecule has 1 aromatic heterocycles. The summed E-state index contributed by atoms with van der Waals surface area (Å²) >= 11 is 0. The predicted octanol–water partition coefficient (Wildman–Crippen LogP) is 4.96. The van der Waals surface area contributed by atoms with Crippen molar-refractivity contribution in [1.29, 1.82) is 0 Å². The number of benzene rings is 3. The highest BCUT2D eigenvalue weighted by Gasteiger charge is 2.11. The lowest BCUT2D eigenvalue weighted by Gasteiger charge is -2.09. The quantitative estimate of drug-likeness (QED) is 0.298. The van der Waals surface area contributed by atoms with Gasteiger partial charge >= 0.3 is 0 Å². The van der Waals surface area contributed by atoms with E-state index in [-0.39, 0.29) is 5.69 Å². The zero-order valence-corrected chi connectivity index (χ0v) is 12.1. The predicted molar refractivity (Wildman–Crippen MR) is 91.3 cm³/mol. The molecule has 110 valence electrons. The number of nitro groups is 1. The molecule has 1 heterocycles. The Balaban J connectivity index is 2.03. The Labute approximate surface area is 132 Å². The first-order chi connectivity index (χ1) is 11.2. The van der Waals surface area contributed by atoms with Gasteiger partial charge in [0.05, 0.1) is 16.1 Å². The van der Waals surface area contributed by atoms with Crippen LogP contribution in [0.3, 0.4) is 0 Å². The highest BCUT2D eigenvalue weighted by atomic mass is 16.6. The first-order valence-corrected chi connectivity index (χ1v) is 7.26. The van der Waals surface area contributed by atoms with Crippen LogP contribution in [0.5, 0.6) is 0 Å². The number of nitro benzene ring substituents is 1. The van der Waals surface area contributed by atoms with Gasteiger partial charge in [0, 0.05) is 28.5 Å². The van der Waals surface area contributed by atoms with Gasteiger partial charge in [0.15, 0.2) is 0 Å². The third kappa shape index (κ3) is 2.21. The summed E-state index contributed by atoms with van der Waals surface area (Å²) in [6, 6.07) is 22.6. The molecule has 0 radical (unpaired) electrons. The van der Waals surface area contributed by atoms with Crippen LogP contribution in [0.1, 0.15) is 0 Å². The van der Waals surface area contributed by atoms with Crippen LogP contribution in [0.2, 0.25) is 0 Å². The molecule has 0 spiro atoms. The lowest BCUT2D eigenvalue weighted by molar-refractivity contribution is -0.384. The van der Waals surface area contributed by atoms with E-state index >= 15 is 0 Å². The number of rotatable bonds is 2. The molecule has 4 aromatic rings. The van der Waals surface area contributed by atoms with E-state index in [0.29, 0.717) is 0 Å². The fourth-order valence-corrected chi connectivity index (χ4v) is 2.87. The fraction of sp³-hybridized carbons (Fsp3) is 0. The number of aromatic nitrogens is 1. The molecule has 0 amide bonds. The molecule has 4 nitrogen and oxygen atoms in total. The normalized spacial score (nSPS) is 11.0. The van der Waals surface area contributed by atoms with Gasteiger partial charge in [-0.05, 0) is 23.6 Å². The van der Waals surface area contributed by atoms with Crippen LogP contribution >= 0.6 is 0 Å². The van der Waals surface area contributed by atoms with Crippen LogP contribution in [-0.4, -0.2) is 9.91 Å². The van der Waals surface area contributed by atoms with Gasteiger partial charge < -0.3 is 0 Å². The first kappa shape index (κ1) is 13.4. The van der Waals surface area contributed by atoms with Crippen LogP contribution in [0.15, 0.2) is 72.8 Å². The Morgan fingerprint density at radius 1 is 0.739 bits per heavy atom. The van der Waals surface area contributed by atoms with Crippen LogP contribution in [-0.2, 0) is 0 Å². The van der Waals surface area contributed by atoms with Crippen molar-refractivity contribution in [2.75, 3.05) is 0 Å². The van der Waals surface area contributed by atoms with Gasteiger partial charge in [-0.1, -0.05) is 42.5 Å². The van der Waals surface area contributed by atoms with E-state index in [1.54, 1.807) is 12.1 Å². The minimum atomic E-state index is -0.393. The van der Waals surface area contributed by atoms with E-state index < -0.39 is 4.92 Å². The maximum atomic E-state index is 10.8. The van der Waals surface area contributed by atoms with Crippen molar-refractivity contribution < 1.29 is 4.92 Å². The van der Waals surface area contributed by atoms with Gasteiger partial charge in [-0.15, -0.1) is 0 Å². The number of para-hydroxylation sites is 1. The number of nitrogens with zero attached hydrogens (tertiary/aromatic N) is 2. The highest BCUT2D eigenvalue weighted by Crippen LogP contribution is 2.32. The summed E-state index contributed by atoms with van der Waals surface area (Å²) in [7, 11) is 0. The van der Waals surface area contributed by atoms with Crippen molar-refractivity contribution in [3.05, 3.63) is 82.9 Å². The second-order valence-corrected chi connectivity index (χ2v) is 5.33. The summed E-state index contributed by atoms with van der Waals surface area (Å²) in [5.41, 5.74) is 2.71. The molecule has 0 saturated carbocycles. The minimum Gasteiger partial charge on any atom is -0.258 e. The minimum absolute atomic E-state index is 0.0823. The Bertz CT molecular complexity index is 1040. The molecule has 4 rings (SSSR count). The van der Waals surface area contributed by atoms with E-state index in [1.807, 2.05) is 36.4 Å². The SMILES string of the molecule is O=[N+]([O-])c1ccc(-c2nc3ccccc3c3ccccc23)cc1. The number of non-ortho nitro benzene ring substituents is 1. The van der Waals surface area contributed by atoms with Crippen molar-refractivity contribution >= 4 is 27.4 Å². The van der Waals surface area contributed by atoms with E-state index in [1.165, 1.54) is 12.1 Å². The van der Waals surface area contributed by atoms with Crippen LogP contribution < -0.4 is 0 Å². The average molecular weight is 300 g/mol. The monoisotopic (exact) mass is 300 g/mol. The van der Waals surface area contributed by atoms with Crippen LogP contribution in [0, 0.1) is 10.1 Å². The zero-order chi connectivity index (χ0) is 15.8. The number of pyridine rings is 1. The molecule has 0 fully saturated rings. The summed E-state index contributed by atoms with van der Waals surface area (Å²) in [4.78, 5) is 15.2. The molecular formula is C19H12N2O2. The van der Waals surface area contributed by atoms with Crippen molar-refractivity contribution in [3.63, 3.8) is 0 Å². The topological polar surface area (TPSA) is 56.0 Å². The van der Waals surface area contributed by atoms with E-state index in [9.17, 15) is 10.1 Å². The maximum absolute atomic E-state index is 10.8. The van der Waals surface area contributed by atoms with Crippen LogP contribution in [0.4, 0.5) is 5.69 Å². The molecule has 4 heteroatoms. The Morgan fingerprint density at radius 3 is 2.04 bits per heavy atom. The lowest BCUT2D eigenvalue weighted by atomic mass is 10.00. The molecule has 0 aliphatic rings. The zero-order valence-electron chi connectivity index (χ0n) is 12.1.